The van der Waals surface area contributed by atoms with Gasteiger partial charge in [0.15, 0.2) is 0 Å². The summed E-state index contributed by atoms with van der Waals surface area (Å²) in [6.07, 6.45) is 0.703. The predicted molar refractivity (Wildman–Crippen MR) is 115 cm³/mol. The van der Waals surface area contributed by atoms with E-state index in [1.807, 2.05) is 56.3 Å². The van der Waals surface area contributed by atoms with Crippen molar-refractivity contribution in [3.05, 3.63) is 70.8 Å². The normalized spacial score (nSPS) is 10.6. The molecule has 0 atom stereocenters. The van der Waals surface area contributed by atoms with Gasteiger partial charge >= 0.3 is 0 Å². The number of aromatic nitrogens is 3. The van der Waals surface area contributed by atoms with Gasteiger partial charge in [0.05, 0.1) is 10.7 Å². The summed E-state index contributed by atoms with van der Waals surface area (Å²) in [5.41, 5.74) is 8.21. The van der Waals surface area contributed by atoms with E-state index in [2.05, 4.69) is 15.4 Å². The zero-order valence-electron chi connectivity index (χ0n) is 15.7. The standard InChI is InChI=1S/C20H22ClN5O.ClH/c1-13(2)19-24-18(25-26(19)17-6-4-3-5-16(17)21)20(27)23-12-11-14-7-9-15(22)10-8-14;/h3-10,13H,11-12,22H2,1-2H3,(H,23,27);1H. The van der Waals surface area contributed by atoms with Crippen molar-refractivity contribution in [1.29, 1.82) is 0 Å². The van der Waals surface area contributed by atoms with Crippen LogP contribution in [0.3, 0.4) is 0 Å². The van der Waals surface area contributed by atoms with E-state index in [0.29, 0.717) is 29.5 Å². The quantitative estimate of drug-likeness (QED) is 0.590. The topological polar surface area (TPSA) is 85.8 Å². The molecule has 0 spiro atoms. The monoisotopic (exact) mass is 419 g/mol. The Labute approximate surface area is 175 Å². The highest BCUT2D eigenvalue weighted by atomic mass is 35.5. The minimum atomic E-state index is -0.307. The number of hydrogen-bond acceptors (Lipinski definition) is 4. The number of rotatable bonds is 6. The fourth-order valence-electron chi connectivity index (χ4n) is 2.68. The molecule has 3 N–H and O–H groups in total. The van der Waals surface area contributed by atoms with Gasteiger partial charge in [-0.1, -0.05) is 49.7 Å². The van der Waals surface area contributed by atoms with Crippen LogP contribution in [0.15, 0.2) is 48.5 Å². The van der Waals surface area contributed by atoms with Crippen molar-refractivity contribution in [2.75, 3.05) is 12.3 Å². The van der Waals surface area contributed by atoms with E-state index in [1.165, 1.54) is 0 Å². The van der Waals surface area contributed by atoms with Gasteiger partial charge in [-0.2, -0.15) is 0 Å². The van der Waals surface area contributed by atoms with Gasteiger partial charge in [-0.25, -0.2) is 9.67 Å². The highest BCUT2D eigenvalue weighted by molar-refractivity contribution is 6.32. The molecule has 0 aliphatic carbocycles. The fraction of sp³-hybridized carbons (Fsp3) is 0.250. The molecular weight excluding hydrogens is 397 g/mol. The number of carbonyl (C=O) groups is 1. The third kappa shape index (κ3) is 5.03. The number of hydrogen-bond donors (Lipinski definition) is 2. The number of carbonyl (C=O) groups excluding carboxylic acids is 1. The van der Waals surface area contributed by atoms with Crippen LogP contribution >= 0.6 is 24.0 Å². The molecule has 0 aliphatic rings. The summed E-state index contributed by atoms with van der Waals surface area (Å²) >= 11 is 6.29. The zero-order valence-corrected chi connectivity index (χ0v) is 17.3. The van der Waals surface area contributed by atoms with Crippen LogP contribution in [0.25, 0.3) is 5.69 Å². The Bertz CT molecular complexity index is 938. The van der Waals surface area contributed by atoms with Crippen molar-refractivity contribution in [1.82, 2.24) is 20.1 Å². The summed E-state index contributed by atoms with van der Waals surface area (Å²) < 4.78 is 1.64. The van der Waals surface area contributed by atoms with Crippen molar-refractivity contribution in [2.24, 2.45) is 0 Å². The molecule has 2 aromatic carbocycles. The first-order chi connectivity index (χ1) is 13.0. The molecule has 3 aromatic rings. The molecule has 0 radical (unpaired) electrons. The number of amides is 1. The molecule has 0 saturated heterocycles. The molecule has 3 rings (SSSR count). The number of nitrogen functional groups attached to an aromatic ring is 1. The minimum Gasteiger partial charge on any atom is -0.399 e. The van der Waals surface area contributed by atoms with Crippen LogP contribution in [-0.4, -0.2) is 27.2 Å². The lowest BCUT2D eigenvalue weighted by atomic mass is 10.1. The fourth-order valence-corrected chi connectivity index (χ4v) is 2.89. The van der Waals surface area contributed by atoms with E-state index in [1.54, 1.807) is 10.7 Å². The average Bonchev–Trinajstić information content (AvgIpc) is 3.09. The van der Waals surface area contributed by atoms with Crippen LogP contribution < -0.4 is 11.1 Å². The van der Waals surface area contributed by atoms with Gasteiger partial charge in [0.1, 0.15) is 5.82 Å². The molecule has 8 heteroatoms. The lowest BCUT2D eigenvalue weighted by molar-refractivity contribution is 0.0944. The lowest BCUT2D eigenvalue weighted by Crippen LogP contribution is -2.27. The van der Waals surface area contributed by atoms with Gasteiger partial charge < -0.3 is 11.1 Å². The van der Waals surface area contributed by atoms with Crippen LogP contribution in [0.5, 0.6) is 0 Å². The van der Waals surface area contributed by atoms with Crippen LogP contribution in [-0.2, 0) is 6.42 Å². The van der Waals surface area contributed by atoms with Gasteiger partial charge in [0.2, 0.25) is 5.82 Å². The third-order valence-electron chi connectivity index (χ3n) is 4.11. The zero-order chi connectivity index (χ0) is 19.4. The number of halogens is 2. The Balaban J connectivity index is 0.00000280. The Kier molecular flexibility index (Phi) is 7.43. The second-order valence-corrected chi connectivity index (χ2v) is 6.97. The maximum atomic E-state index is 12.5. The number of nitrogens with zero attached hydrogens (tertiary/aromatic N) is 3. The first kappa shape index (κ1) is 21.7. The molecule has 0 bridgehead atoms. The molecule has 1 heterocycles. The van der Waals surface area contributed by atoms with Crippen molar-refractivity contribution in [3.8, 4) is 5.69 Å². The number of anilines is 1. The molecule has 148 valence electrons. The Morgan fingerprint density at radius 1 is 1.18 bits per heavy atom. The Hall–Kier alpha value is -2.57. The summed E-state index contributed by atoms with van der Waals surface area (Å²) in [5, 5.41) is 7.81. The molecule has 1 aromatic heterocycles. The maximum Gasteiger partial charge on any atom is 0.290 e. The summed E-state index contributed by atoms with van der Waals surface area (Å²) in [5.74, 6) is 0.603. The summed E-state index contributed by atoms with van der Waals surface area (Å²) in [4.78, 5) is 16.9. The second-order valence-electron chi connectivity index (χ2n) is 6.56. The summed E-state index contributed by atoms with van der Waals surface area (Å²) in [7, 11) is 0. The van der Waals surface area contributed by atoms with Crippen molar-refractivity contribution < 1.29 is 4.79 Å². The van der Waals surface area contributed by atoms with Crippen LogP contribution in [0.1, 0.15) is 41.8 Å². The van der Waals surface area contributed by atoms with Crippen LogP contribution in [0.4, 0.5) is 5.69 Å². The van der Waals surface area contributed by atoms with E-state index < -0.39 is 0 Å². The van der Waals surface area contributed by atoms with E-state index >= 15 is 0 Å². The molecule has 28 heavy (non-hydrogen) atoms. The van der Waals surface area contributed by atoms with Crippen molar-refractivity contribution in [2.45, 2.75) is 26.2 Å². The Morgan fingerprint density at radius 3 is 2.50 bits per heavy atom. The molecular formula is C20H23Cl2N5O. The van der Waals surface area contributed by atoms with Crippen LogP contribution in [0.2, 0.25) is 5.02 Å². The summed E-state index contributed by atoms with van der Waals surface area (Å²) in [6.45, 7) is 4.49. The molecule has 6 nitrogen and oxygen atoms in total. The number of benzene rings is 2. The molecule has 0 unspecified atom stereocenters. The Morgan fingerprint density at radius 2 is 1.86 bits per heavy atom. The third-order valence-corrected chi connectivity index (χ3v) is 4.43. The second kappa shape index (κ2) is 9.57. The van der Waals surface area contributed by atoms with Gasteiger partial charge in [-0.3, -0.25) is 4.79 Å². The number of nitrogens with one attached hydrogen (secondary N) is 1. The average molecular weight is 420 g/mol. The smallest absolute Gasteiger partial charge is 0.290 e. The molecule has 0 saturated carbocycles. The number of nitrogens with two attached hydrogens (primary N) is 1. The maximum absolute atomic E-state index is 12.5. The predicted octanol–water partition coefficient (Wildman–Crippen LogP) is 4.02. The first-order valence-corrected chi connectivity index (χ1v) is 9.18. The van der Waals surface area contributed by atoms with E-state index in [-0.39, 0.29) is 30.1 Å². The van der Waals surface area contributed by atoms with Gasteiger partial charge in [0.25, 0.3) is 5.91 Å². The van der Waals surface area contributed by atoms with Gasteiger partial charge in [0, 0.05) is 18.2 Å². The first-order valence-electron chi connectivity index (χ1n) is 8.80. The van der Waals surface area contributed by atoms with Crippen LogP contribution in [0, 0.1) is 0 Å². The highest BCUT2D eigenvalue weighted by Gasteiger charge is 2.20. The lowest BCUT2D eigenvalue weighted by Gasteiger charge is -2.09. The molecule has 1 amide bonds. The summed E-state index contributed by atoms with van der Waals surface area (Å²) in [6, 6.07) is 15.0. The van der Waals surface area contributed by atoms with E-state index in [0.717, 1.165) is 11.3 Å². The van der Waals surface area contributed by atoms with Crippen molar-refractivity contribution in [3.63, 3.8) is 0 Å². The minimum absolute atomic E-state index is 0. The highest BCUT2D eigenvalue weighted by Crippen LogP contribution is 2.23. The number of para-hydroxylation sites is 1. The molecule has 0 aliphatic heterocycles. The van der Waals surface area contributed by atoms with E-state index in [4.69, 9.17) is 17.3 Å². The largest absolute Gasteiger partial charge is 0.399 e. The van der Waals surface area contributed by atoms with Crippen molar-refractivity contribution >= 4 is 35.6 Å². The van der Waals surface area contributed by atoms with Gasteiger partial charge in [-0.15, -0.1) is 17.5 Å². The SMILES string of the molecule is CC(C)c1nc(C(=O)NCCc2ccc(N)cc2)nn1-c1ccccc1Cl.Cl. The van der Waals surface area contributed by atoms with Gasteiger partial charge in [-0.05, 0) is 36.2 Å². The molecule has 0 fully saturated rings. The van der Waals surface area contributed by atoms with E-state index in [9.17, 15) is 4.79 Å².